The smallest absolute Gasteiger partial charge is 0.0530 e. The van der Waals surface area contributed by atoms with E-state index in [4.69, 9.17) is 4.74 Å². The number of rotatable bonds is 10. The molecule has 15 heavy (non-hydrogen) atoms. The Labute approximate surface area is 103 Å². The van der Waals surface area contributed by atoms with Crippen LogP contribution in [0.15, 0.2) is 0 Å². The van der Waals surface area contributed by atoms with Crippen molar-refractivity contribution in [3.8, 4) is 0 Å². The highest BCUT2D eigenvalue weighted by Gasteiger charge is 2.41. The predicted octanol–water partition coefficient (Wildman–Crippen LogP) is 4.54. The lowest BCUT2D eigenvalue weighted by Crippen LogP contribution is -2.12. The summed E-state index contributed by atoms with van der Waals surface area (Å²) in [4.78, 5) is 0. The maximum atomic E-state index is 5.73. The van der Waals surface area contributed by atoms with E-state index in [2.05, 4.69) is 22.9 Å². The molecule has 90 valence electrons. The zero-order valence-electron chi connectivity index (χ0n) is 10.1. The molecule has 0 unspecified atom stereocenters. The van der Waals surface area contributed by atoms with Gasteiger partial charge in [0.05, 0.1) is 6.61 Å². The molecule has 0 aliphatic heterocycles. The maximum absolute atomic E-state index is 5.73. The lowest BCUT2D eigenvalue weighted by atomic mass is 10.1. The summed E-state index contributed by atoms with van der Waals surface area (Å²) >= 11 is 3.56. The summed E-state index contributed by atoms with van der Waals surface area (Å²) in [6, 6.07) is 0. The lowest BCUT2D eigenvalue weighted by molar-refractivity contribution is 0.0951. The van der Waals surface area contributed by atoms with E-state index >= 15 is 0 Å². The number of ether oxygens (including phenoxy) is 1. The summed E-state index contributed by atoms with van der Waals surface area (Å²) in [5.41, 5.74) is 0.530. The maximum Gasteiger partial charge on any atom is 0.0530 e. The van der Waals surface area contributed by atoms with E-state index < -0.39 is 0 Å². The number of alkyl halides is 1. The molecule has 0 saturated heterocycles. The topological polar surface area (TPSA) is 9.23 Å². The highest BCUT2D eigenvalue weighted by atomic mass is 79.9. The van der Waals surface area contributed by atoms with Gasteiger partial charge in [0.2, 0.25) is 0 Å². The van der Waals surface area contributed by atoms with Gasteiger partial charge in [-0.2, -0.15) is 0 Å². The summed E-state index contributed by atoms with van der Waals surface area (Å²) in [6.45, 7) is 4.21. The van der Waals surface area contributed by atoms with E-state index in [-0.39, 0.29) is 0 Å². The molecule has 0 aromatic carbocycles. The Morgan fingerprint density at radius 3 is 2.33 bits per heavy atom. The van der Waals surface area contributed by atoms with Gasteiger partial charge in [0.1, 0.15) is 0 Å². The van der Waals surface area contributed by atoms with Crippen LogP contribution in [0.4, 0.5) is 0 Å². The average molecular weight is 277 g/mol. The fraction of sp³-hybridized carbons (Fsp3) is 1.00. The SMILES string of the molecule is CCCCCCCCOCC1(CBr)CC1. The number of hydrogen-bond donors (Lipinski definition) is 0. The van der Waals surface area contributed by atoms with E-state index in [1.165, 1.54) is 51.4 Å². The first-order chi connectivity index (χ1) is 7.33. The fourth-order valence-corrected chi connectivity index (χ4v) is 2.49. The average Bonchev–Trinajstić information content (AvgIpc) is 3.03. The van der Waals surface area contributed by atoms with Gasteiger partial charge in [0, 0.05) is 17.4 Å². The predicted molar refractivity (Wildman–Crippen MR) is 69.7 cm³/mol. The number of halogens is 1. The third-order valence-corrected chi connectivity index (χ3v) is 4.48. The van der Waals surface area contributed by atoms with Gasteiger partial charge in [-0.05, 0) is 19.3 Å². The molecule has 1 rings (SSSR count). The first-order valence-electron chi connectivity index (χ1n) is 6.47. The zero-order chi connectivity index (χ0) is 11.0. The van der Waals surface area contributed by atoms with Crippen molar-refractivity contribution in [1.29, 1.82) is 0 Å². The fourth-order valence-electron chi connectivity index (χ4n) is 1.77. The molecular formula is C13H25BrO. The summed E-state index contributed by atoms with van der Waals surface area (Å²) in [5, 5.41) is 1.12. The van der Waals surface area contributed by atoms with Gasteiger partial charge < -0.3 is 4.74 Å². The molecule has 0 bridgehead atoms. The minimum absolute atomic E-state index is 0.530. The van der Waals surface area contributed by atoms with E-state index in [9.17, 15) is 0 Å². The van der Waals surface area contributed by atoms with Crippen molar-refractivity contribution in [3.63, 3.8) is 0 Å². The van der Waals surface area contributed by atoms with Crippen molar-refractivity contribution < 1.29 is 4.74 Å². The van der Waals surface area contributed by atoms with Crippen molar-refractivity contribution in [2.24, 2.45) is 5.41 Å². The molecule has 0 amide bonds. The molecule has 1 nitrogen and oxygen atoms in total. The Hall–Kier alpha value is 0.440. The highest BCUT2D eigenvalue weighted by molar-refractivity contribution is 9.09. The van der Waals surface area contributed by atoms with E-state index in [1.807, 2.05) is 0 Å². The van der Waals surface area contributed by atoms with Gasteiger partial charge in [0.25, 0.3) is 0 Å². The van der Waals surface area contributed by atoms with Gasteiger partial charge in [-0.15, -0.1) is 0 Å². The quantitative estimate of drug-likeness (QED) is 0.421. The van der Waals surface area contributed by atoms with E-state index in [0.717, 1.165) is 18.5 Å². The normalized spacial score (nSPS) is 18.0. The van der Waals surface area contributed by atoms with Crippen molar-refractivity contribution in [3.05, 3.63) is 0 Å². The molecule has 0 aromatic rings. The van der Waals surface area contributed by atoms with E-state index in [0.29, 0.717) is 5.41 Å². The van der Waals surface area contributed by atoms with Crippen LogP contribution in [0.1, 0.15) is 58.3 Å². The Morgan fingerprint density at radius 2 is 1.73 bits per heavy atom. The summed E-state index contributed by atoms with van der Waals surface area (Å²) in [6.07, 6.45) is 10.8. The van der Waals surface area contributed by atoms with Crippen LogP contribution in [0, 0.1) is 5.41 Å². The van der Waals surface area contributed by atoms with E-state index in [1.54, 1.807) is 0 Å². The zero-order valence-corrected chi connectivity index (χ0v) is 11.7. The van der Waals surface area contributed by atoms with Crippen molar-refractivity contribution in [2.75, 3.05) is 18.5 Å². The molecule has 2 heteroatoms. The molecule has 0 aromatic heterocycles. The third kappa shape index (κ3) is 5.91. The second kappa shape index (κ2) is 7.67. The van der Waals surface area contributed by atoms with Crippen LogP contribution in [0.2, 0.25) is 0 Å². The van der Waals surface area contributed by atoms with Crippen LogP contribution in [-0.2, 0) is 4.74 Å². The Balaban J connectivity index is 1.77. The Kier molecular flexibility index (Phi) is 6.91. The van der Waals surface area contributed by atoms with Crippen LogP contribution >= 0.6 is 15.9 Å². The number of hydrogen-bond acceptors (Lipinski definition) is 1. The van der Waals surface area contributed by atoms with Crippen LogP contribution in [-0.4, -0.2) is 18.5 Å². The molecule has 1 aliphatic rings. The van der Waals surface area contributed by atoms with Crippen molar-refractivity contribution in [2.45, 2.75) is 58.3 Å². The third-order valence-electron chi connectivity index (χ3n) is 3.29. The largest absolute Gasteiger partial charge is 0.381 e. The molecule has 1 fully saturated rings. The molecule has 0 spiro atoms. The van der Waals surface area contributed by atoms with Gasteiger partial charge in [0.15, 0.2) is 0 Å². The molecule has 0 atom stereocenters. The van der Waals surface area contributed by atoms with Crippen molar-refractivity contribution >= 4 is 15.9 Å². The summed E-state index contributed by atoms with van der Waals surface area (Å²) in [7, 11) is 0. The van der Waals surface area contributed by atoms with Crippen molar-refractivity contribution in [1.82, 2.24) is 0 Å². The second-order valence-electron chi connectivity index (χ2n) is 4.95. The van der Waals surface area contributed by atoms with Gasteiger partial charge in [-0.25, -0.2) is 0 Å². The standard InChI is InChI=1S/C13H25BrO/c1-2-3-4-5-6-7-10-15-12-13(11-14)8-9-13/h2-12H2,1H3. The van der Waals surface area contributed by atoms with Gasteiger partial charge in [-0.3, -0.25) is 0 Å². The molecular weight excluding hydrogens is 252 g/mol. The second-order valence-corrected chi connectivity index (χ2v) is 5.51. The first-order valence-corrected chi connectivity index (χ1v) is 7.59. The molecule has 1 aliphatic carbocycles. The highest BCUT2D eigenvalue weighted by Crippen LogP contribution is 2.47. The molecule has 0 radical (unpaired) electrons. The molecule has 1 saturated carbocycles. The monoisotopic (exact) mass is 276 g/mol. The Bertz CT molecular complexity index is 155. The summed E-state index contributed by atoms with van der Waals surface area (Å²) < 4.78 is 5.73. The first kappa shape index (κ1) is 13.5. The summed E-state index contributed by atoms with van der Waals surface area (Å²) in [5.74, 6) is 0. The van der Waals surface area contributed by atoms with Crippen LogP contribution in [0.25, 0.3) is 0 Å². The number of unbranched alkanes of at least 4 members (excludes halogenated alkanes) is 5. The minimum atomic E-state index is 0.530. The van der Waals surface area contributed by atoms with Crippen LogP contribution < -0.4 is 0 Å². The minimum Gasteiger partial charge on any atom is -0.381 e. The van der Waals surface area contributed by atoms with Crippen LogP contribution in [0.5, 0.6) is 0 Å². The molecule has 0 heterocycles. The molecule has 0 N–H and O–H groups in total. The van der Waals surface area contributed by atoms with Gasteiger partial charge in [-0.1, -0.05) is 55.0 Å². The Morgan fingerprint density at radius 1 is 1.07 bits per heavy atom. The van der Waals surface area contributed by atoms with Crippen LogP contribution in [0.3, 0.4) is 0 Å². The lowest BCUT2D eigenvalue weighted by Gasteiger charge is -2.11. The van der Waals surface area contributed by atoms with Gasteiger partial charge >= 0.3 is 0 Å².